The van der Waals surface area contributed by atoms with E-state index in [4.69, 9.17) is 0 Å². The van der Waals surface area contributed by atoms with Gasteiger partial charge in [-0.05, 0) is 23.6 Å². The van der Waals surface area contributed by atoms with Crippen molar-refractivity contribution in [3.05, 3.63) is 34.8 Å². The van der Waals surface area contributed by atoms with Crippen LogP contribution in [-0.4, -0.2) is 38.9 Å². The number of fused-ring (bicyclic) bond motifs is 1. The lowest BCUT2D eigenvalue weighted by atomic mass is 9.83. The van der Waals surface area contributed by atoms with Gasteiger partial charge in [0.05, 0.1) is 23.3 Å². The molecule has 1 aliphatic rings. The van der Waals surface area contributed by atoms with Crippen molar-refractivity contribution in [2.45, 2.75) is 12.3 Å². The highest BCUT2D eigenvalue weighted by atomic mass is 32.1. The fraction of sp³-hybridized carbons (Fsp3) is 0.353. The maximum absolute atomic E-state index is 11.6. The summed E-state index contributed by atoms with van der Waals surface area (Å²) in [7, 11) is 1.89. The van der Waals surface area contributed by atoms with Crippen LogP contribution in [0.3, 0.4) is 0 Å². The van der Waals surface area contributed by atoms with Crippen molar-refractivity contribution in [3.63, 3.8) is 0 Å². The molecular weight excluding hydrogens is 324 g/mol. The Bertz CT molecular complexity index is 888. The first kappa shape index (κ1) is 15.3. The number of hydrogen-bond donors (Lipinski definition) is 2. The first-order valence-electron chi connectivity index (χ1n) is 7.89. The largest absolute Gasteiger partial charge is 0.396 e. The highest BCUT2D eigenvalue weighted by molar-refractivity contribution is 7.07. The van der Waals surface area contributed by atoms with Crippen LogP contribution in [0.4, 0.5) is 0 Å². The molecule has 7 heteroatoms. The van der Waals surface area contributed by atoms with E-state index in [1.165, 1.54) is 0 Å². The van der Waals surface area contributed by atoms with Gasteiger partial charge < -0.3 is 10.4 Å². The molecule has 3 aromatic rings. The van der Waals surface area contributed by atoms with Crippen LogP contribution in [0.2, 0.25) is 0 Å². The summed E-state index contributed by atoms with van der Waals surface area (Å²) in [5.74, 6) is 0.0439. The Hall–Kier alpha value is -2.25. The van der Waals surface area contributed by atoms with Crippen molar-refractivity contribution in [2.24, 2.45) is 13.0 Å². The van der Waals surface area contributed by atoms with Crippen LogP contribution in [0.1, 0.15) is 17.9 Å². The zero-order chi connectivity index (χ0) is 16.7. The van der Waals surface area contributed by atoms with E-state index in [9.17, 15) is 9.90 Å². The highest BCUT2D eigenvalue weighted by Crippen LogP contribution is 2.36. The zero-order valence-corrected chi connectivity index (χ0v) is 14.1. The standard InChI is InChI=1S/C17H18N4O2S/c1-21-6-13-12(14(7-22)11-4-17(23)18-5-11)2-10(3-15(13)20-21)16-8-24-9-19-16/h2-3,6,8-9,11,14,22H,4-5,7H2,1H3,(H,18,23)/t11-,14+/m0/s1. The first-order valence-corrected chi connectivity index (χ1v) is 8.83. The van der Waals surface area contributed by atoms with Crippen LogP contribution in [0.15, 0.2) is 29.2 Å². The number of rotatable bonds is 4. The van der Waals surface area contributed by atoms with Crippen LogP contribution >= 0.6 is 11.3 Å². The lowest BCUT2D eigenvalue weighted by molar-refractivity contribution is -0.119. The maximum Gasteiger partial charge on any atom is 0.220 e. The van der Waals surface area contributed by atoms with Crippen LogP contribution in [0, 0.1) is 5.92 Å². The molecule has 6 nitrogen and oxygen atoms in total. The minimum absolute atomic E-state index is 0.00411. The van der Waals surface area contributed by atoms with Crippen molar-refractivity contribution in [1.29, 1.82) is 0 Å². The fourth-order valence-corrected chi connectivity index (χ4v) is 4.05. The Balaban J connectivity index is 1.87. The number of aryl methyl sites for hydroxylation is 1. The van der Waals surface area contributed by atoms with Crippen molar-refractivity contribution < 1.29 is 9.90 Å². The highest BCUT2D eigenvalue weighted by Gasteiger charge is 2.31. The molecule has 0 aliphatic carbocycles. The molecule has 0 radical (unpaired) electrons. The Morgan fingerprint density at radius 1 is 1.50 bits per heavy atom. The number of hydrogen-bond acceptors (Lipinski definition) is 5. The summed E-state index contributed by atoms with van der Waals surface area (Å²) in [5.41, 5.74) is 5.63. The molecule has 1 aromatic carbocycles. The number of amides is 1. The molecule has 2 aromatic heterocycles. The quantitative estimate of drug-likeness (QED) is 0.759. The Labute approximate surface area is 143 Å². The molecule has 1 saturated heterocycles. The maximum atomic E-state index is 11.6. The van der Waals surface area contributed by atoms with Crippen LogP contribution in [-0.2, 0) is 11.8 Å². The summed E-state index contributed by atoms with van der Waals surface area (Å²) < 4.78 is 1.78. The number of carbonyl (C=O) groups excluding carboxylic acids is 1. The smallest absolute Gasteiger partial charge is 0.220 e. The molecular formula is C17H18N4O2S. The average molecular weight is 342 g/mol. The van der Waals surface area contributed by atoms with Gasteiger partial charge in [0.25, 0.3) is 0 Å². The van der Waals surface area contributed by atoms with Crippen molar-refractivity contribution >= 4 is 28.1 Å². The van der Waals surface area contributed by atoms with Gasteiger partial charge in [0.2, 0.25) is 5.91 Å². The summed E-state index contributed by atoms with van der Waals surface area (Å²) in [6.07, 6.45) is 2.43. The second kappa shape index (κ2) is 5.99. The molecule has 124 valence electrons. The molecule has 0 unspecified atom stereocenters. The summed E-state index contributed by atoms with van der Waals surface area (Å²) in [6, 6.07) is 4.11. The number of aliphatic hydroxyl groups excluding tert-OH is 1. The van der Waals surface area contributed by atoms with E-state index in [2.05, 4.69) is 21.5 Å². The molecule has 2 atom stereocenters. The summed E-state index contributed by atoms with van der Waals surface area (Å²) in [5, 5.41) is 20.5. The predicted molar refractivity (Wildman–Crippen MR) is 92.8 cm³/mol. The van der Waals surface area contributed by atoms with E-state index >= 15 is 0 Å². The minimum atomic E-state index is -0.103. The first-order chi connectivity index (χ1) is 11.7. The number of benzene rings is 1. The third kappa shape index (κ3) is 2.59. The minimum Gasteiger partial charge on any atom is -0.396 e. The number of aromatic nitrogens is 3. The topological polar surface area (TPSA) is 80.0 Å². The molecule has 3 heterocycles. The lowest BCUT2D eigenvalue weighted by Crippen LogP contribution is -2.20. The van der Waals surface area contributed by atoms with Gasteiger partial charge in [-0.1, -0.05) is 0 Å². The van der Waals surface area contributed by atoms with Gasteiger partial charge in [0.15, 0.2) is 0 Å². The molecule has 4 rings (SSSR count). The Kier molecular flexibility index (Phi) is 3.82. The Morgan fingerprint density at radius 2 is 2.38 bits per heavy atom. The zero-order valence-electron chi connectivity index (χ0n) is 13.3. The third-order valence-electron chi connectivity index (χ3n) is 4.67. The van der Waals surface area contributed by atoms with E-state index in [0.717, 1.165) is 27.7 Å². The molecule has 1 aliphatic heterocycles. The Morgan fingerprint density at radius 3 is 3.04 bits per heavy atom. The molecule has 0 saturated carbocycles. The fourth-order valence-electron chi connectivity index (χ4n) is 3.49. The van der Waals surface area contributed by atoms with Crippen LogP contribution in [0.25, 0.3) is 22.2 Å². The SMILES string of the molecule is Cn1cc2c([C@H](CO)[C@@H]3CNC(=O)C3)cc(-c3cscn3)cc2n1. The number of carbonyl (C=O) groups is 1. The predicted octanol–water partition coefficient (Wildman–Crippen LogP) is 1.91. The van der Waals surface area contributed by atoms with Crippen molar-refractivity contribution in [1.82, 2.24) is 20.1 Å². The number of nitrogens with one attached hydrogen (secondary N) is 1. The molecule has 2 N–H and O–H groups in total. The van der Waals surface area contributed by atoms with E-state index < -0.39 is 0 Å². The third-order valence-corrected chi connectivity index (χ3v) is 5.26. The van der Waals surface area contributed by atoms with Crippen molar-refractivity contribution in [2.75, 3.05) is 13.2 Å². The monoisotopic (exact) mass is 342 g/mol. The van der Waals surface area contributed by atoms with Gasteiger partial charge in [0.1, 0.15) is 0 Å². The van der Waals surface area contributed by atoms with Gasteiger partial charge in [-0.3, -0.25) is 9.48 Å². The van der Waals surface area contributed by atoms with E-state index in [1.807, 2.05) is 24.7 Å². The van der Waals surface area contributed by atoms with Crippen LogP contribution in [0.5, 0.6) is 0 Å². The van der Waals surface area contributed by atoms with Gasteiger partial charge in [-0.15, -0.1) is 11.3 Å². The lowest BCUT2D eigenvalue weighted by Gasteiger charge is -2.21. The second-order valence-corrected chi connectivity index (χ2v) is 6.95. The molecule has 1 amide bonds. The summed E-state index contributed by atoms with van der Waals surface area (Å²) in [4.78, 5) is 16.0. The van der Waals surface area contributed by atoms with Gasteiger partial charge >= 0.3 is 0 Å². The van der Waals surface area contributed by atoms with Gasteiger partial charge in [-0.25, -0.2) is 4.98 Å². The molecule has 0 spiro atoms. The average Bonchev–Trinajstić information content (AvgIpc) is 3.28. The summed E-state index contributed by atoms with van der Waals surface area (Å²) in [6.45, 7) is 0.608. The summed E-state index contributed by atoms with van der Waals surface area (Å²) >= 11 is 1.55. The van der Waals surface area contributed by atoms with Gasteiger partial charge in [0, 0.05) is 48.5 Å². The second-order valence-electron chi connectivity index (χ2n) is 6.23. The van der Waals surface area contributed by atoms with E-state index in [1.54, 1.807) is 21.5 Å². The number of aliphatic hydroxyl groups is 1. The van der Waals surface area contributed by atoms with E-state index in [0.29, 0.717) is 13.0 Å². The van der Waals surface area contributed by atoms with Crippen molar-refractivity contribution in [3.8, 4) is 11.3 Å². The molecule has 1 fully saturated rings. The molecule has 0 bridgehead atoms. The normalized spacial score (nSPS) is 18.9. The molecule has 24 heavy (non-hydrogen) atoms. The number of thiazole rings is 1. The van der Waals surface area contributed by atoms with Crippen LogP contribution < -0.4 is 5.32 Å². The van der Waals surface area contributed by atoms with Gasteiger partial charge in [-0.2, -0.15) is 5.10 Å². The van der Waals surface area contributed by atoms with E-state index in [-0.39, 0.29) is 24.3 Å². The number of nitrogens with zero attached hydrogens (tertiary/aromatic N) is 3.